The molecule has 0 fully saturated rings. The van der Waals surface area contributed by atoms with Crippen LogP contribution in [0.4, 0.5) is 0 Å². The summed E-state index contributed by atoms with van der Waals surface area (Å²) in [6, 6.07) is 7.06. The van der Waals surface area contributed by atoms with Crippen LogP contribution >= 0.6 is 11.6 Å². The maximum absolute atomic E-state index is 6.15. The third kappa shape index (κ3) is 1.31. The SMILES string of the molecule is Clc1ccc2c(c1)c1c3n2CC[NH2+][C@H]3CCC1. The molecule has 2 aliphatic rings. The van der Waals surface area contributed by atoms with Crippen LogP contribution in [-0.2, 0) is 13.0 Å². The van der Waals surface area contributed by atoms with Gasteiger partial charge in [-0.3, -0.25) is 0 Å². The van der Waals surface area contributed by atoms with Crippen LogP contribution in [0.1, 0.15) is 30.1 Å². The summed E-state index contributed by atoms with van der Waals surface area (Å²) >= 11 is 6.15. The molecule has 0 bridgehead atoms. The second-order valence-electron chi connectivity index (χ2n) is 5.20. The lowest BCUT2D eigenvalue weighted by Gasteiger charge is -2.27. The van der Waals surface area contributed by atoms with E-state index >= 15 is 0 Å². The van der Waals surface area contributed by atoms with E-state index in [9.17, 15) is 0 Å². The fourth-order valence-corrected chi connectivity index (χ4v) is 3.79. The molecule has 4 rings (SSSR count). The highest BCUT2D eigenvalue weighted by Crippen LogP contribution is 2.37. The number of aryl methyl sites for hydroxylation is 1. The Balaban J connectivity index is 2.11. The lowest BCUT2D eigenvalue weighted by Crippen LogP contribution is -2.88. The van der Waals surface area contributed by atoms with E-state index in [0.29, 0.717) is 6.04 Å². The van der Waals surface area contributed by atoms with Crippen LogP contribution in [0.25, 0.3) is 10.9 Å². The standard InChI is InChI=1S/C14H15ClN2/c15-9-4-5-13-11(8-9)10-2-1-3-12-14(10)17(13)7-6-16-12/h4-5,8,12,16H,1-3,6-7H2/p+1/t12-/m0/s1. The summed E-state index contributed by atoms with van der Waals surface area (Å²) in [6.07, 6.45) is 3.88. The number of quaternary nitrogens is 1. The number of aromatic nitrogens is 1. The van der Waals surface area contributed by atoms with E-state index in [1.807, 2.05) is 6.07 Å². The van der Waals surface area contributed by atoms with Gasteiger partial charge in [0, 0.05) is 22.3 Å². The van der Waals surface area contributed by atoms with E-state index in [1.54, 1.807) is 11.3 Å². The number of rotatable bonds is 0. The van der Waals surface area contributed by atoms with Gasteiger partial charge in [0.1, 0.15) is 6.04 Å². The van der Waals surface area contributed by atoms with Crippen LogP contribution < -0.4 is 5.32 Å². The Morgan fingerprint density at radius 1 is 1.35 bits per heavy atom. The van der Waals surface area contributed by atoms with Crippen LogP contribution in [0.2, 0.25) is 5.02 Å². The first-order valence-corrected chi connectivity index (χ1v) is 6.86. The summed E-state index contributed by atoms with van der Waals surface area (Å²) in [6.45, 7) is 2.35. The van der Waals surface area contributed by atoms with Gasteiger partial charge in [0.2, 0.25) is 0 Å². The highest BCUT2D eigenvalue weighted by atomic mass is 35.5. The largest absolute Gasteiger partial charge is 0.337 e. The van der Waals surface area contributed by atoms with Crippen LogP contribution in [0, 0.1) is 0 Å². The van der Waals surface area contributed by atoms with Crippen LogP contribution in [-0.4, -0.2) is 11.1 Å². The van der Waals surface area contributed by atoms with Gasteiger partial charge in [0.05, 0.1) is 18.8 Å². The first-order valence-electron chi connectivity index (χ1n) is 6.48. The van der Waals surface area contributed by atoms with Gasteiger partial charge in [0.15, 0.2) is 0 Å². The van der Waals surface area contributed by atoms with Crippen molar-refractivity contribution in [2.75, 3.05) is 6.54 Å². The van der Waals surface area contributed by atoms with E-state index in [0.717, 1.165) is 11.6 Å². The van der Waals surface area contributed by atoms with Gasteiger partial charge < -0.3 is 9.88 Å². The average molecular weight is 248 g/mol. The van der Waals surface area contributed by atoms with Crippen molar-refractivity contribution in [2.24, 2.45) is 0 Å². The summed E-state index contributed by atoms with van der Waals surface area (Å²) in [5.41, 5.74) is 4.54. The van der Waals surface area contributed by atoms with Gasteiger partial charge in [0.25, 0.3) is 0 Å². The molecular weight excluding hydrogens is 232 g/mol. The average Bonchev–Trinajstić information content (AvgIpc) is 2.67. The first kappa shape index (κ1) is 9.98. The minimum Gasteiger partial charge on any atom is -0.337 e. The molecule has 1 aromatic carbocycles. The predicted octanol–water partition coefficient (Wildman–Crippen LogP) is 2.25. The second kappa shape index (κ2) is 3.50. The maximum atomic E-state index is 6.15. The van der Waals surface area contributed by atoms with E-state index in [2.05, 4.69) is 22.0 Å². The highest BCUT2D eigenvalue weighted by Gasteiger charge is 2.32. The van der Waals surface area contributed by atoms with Gasteiger partial charge in [-0.2, -0.15) is 0 Å². The number of fused-ring (bicyclic) bond motifs is 3. The normalized spacial score (nSPS) is 22.8. The van der Waals surface area contributed by atoms with Crippen molar-refractivity contribution in [1.29, 1.82) is 0 Å². The topological polar surface area (TPSA) is 21.5 Å². The van der Waals surface area contributed by atoms with Crippen molar-refractivity contribution in [3.05, 3.63) is 34.5 Å². The molecule has 1 aromatic heterocycles. The molecular formula is C14H16ClN2+. The number of benzene rings is 1. The quantitative estimate of drug-likeness (QED) is 0.738. The number of nitrogens with zero attached hydrogens (tertiary/aromatic N) is 1. The molecule has 1 aliphatic heterocycles. The van der Waals surface area contributed by atoms with Crippen molar-refractivity contribution in [3.63, 3.8) is 0 Å². The van der Waals surface area contributed by atoms with Crippen molar-refractivity contribution in [3.8, 4) is 0 Å². The molecule has 0 saturated heterocycles. The summed E-state index contributed by atoms with van der Waals surface area (Å²) < 4.78 is 2.53. The lowest BCUT2D eigenvalue weighted by atomic mass is 9.91. The molecule has 0 spiro atoms. The van der Waals surface area contributed by atoms with Crippen molar-refractivity contribution in [1.82, 2.24) is 4.57 Å². The number of hydrogen-bond donors (Lipinski definition) is 1. The van der Waals surface area contributed by atoms with Crippen molar-refractivity contribution in [2.45, 2.75) is 31.8 Å². The summed E-state index contributed by atoms with van der Waals surface area (Å²) in [4.78, 5) is 0. The van der Waals surface area contributed by atoms with Gasteiger partial charge in [-0.05, 0) is 36.6 Å². The summed E-state index contributed by atoms with van der Waals surface area (Å²) in [5, 5.41) is 4.77. The van der Waals surface area contributed by atoms with Crippen molar-refractivity contribution >= 4 is 22.5 Å². The second-order valence-corrected chi connectivity index (χ2v) is 5.64. The van der Waals surface area contributed by atoms with Crippen LogP contribution in [0.5, 0.6) is 0 Å². The molecule has 2 N–H and O–H groups in total. The molecule has 2 aromatic rings. The molecule has 88 valence electrons. The Hall–Kier alpha value is -0.990. The van der Waals surface area contributed by atoms with Crippen LogP contribution in [0.15, 0.2) is 18.2 Å². The molecule has 0 radical (unpaired) electrons. The predicted molar refractivity (Wildman–Crippen MR) is 69.4 cm³/mol. The van der Waals surface area contributed by atoms with E-state index in [4.69, 9.17) is 11.6 Å². The fraction of sp³-hybridized carbons (Fsp3) is 0.429. The zero-order chi connectivity index (χ0) is 11.4. The minimum atomic E-state index is 0.693. The molecule has 3 heteroatoms. The van der Waals surface area contributed by atoms with Crippen molar-refractivity contribution < 1.29 is 5.32 Å². The van der Waals surface area contributed by atoms with Gasteiger partial charge in [-0.25, -0.2) is 0 Å². The van der Waals surface area contributed by atoms with Gasteiger partial charge >= 0.3 is 0 Å². The minimum absolute atomic E-state index is 0.693. The zero-order valence-corrected chi connectivity index (χ0v) is 10.5. The Morgan fingerprint density at radius 2 is 2.29 bits per heavy atom. The number of nitrogens with two attached hydrogens (primary N) is 1. The smallest absolute Gasteiger partial charge is 0.127 e. The first-order chi connectivity index (χ1) is 8.34. The third-order valence-corrected chi connectivity index (χ3v) is 4.51. The molecule has 17 heavy (non-hydrogen) atoms. The molecule has 0 saturated carbocycles. The molecule has 0 amide bonds. The van der Waals surface area contributed by atoms with Crippen LogP contribution in [0.3, 0.4) is 0 Å². The van der Waals surface area contributed by atoms with E-state index in [1.165, 1.54) is 36.7 Å². The molecule has 2 nitrogen and oxygen atoms in total. The maximum Gasteiger partial charge on any atom is 0.127 e. The Morgan fingerprint density at radius 3 is 3.24 bits per heavy atom. The highest BCUT2D eigenvalue weighted by molar-refractivity contribution is 6.31. The molecule has 2 heterocycles. The third-order valence-electron chi connectivity index (χ3n) is 4.27. The number of halogens is 1. The molecule has 0 unspecified atom stereocenters. The monoisotopic (exact) mass is 247 g/mol. The summed E-state index contributed by atoms with van der Waals surface area (Å²) in [7, 11) is 0. The van der Waals surface area contributed by atoms with E-state index in [-0.39, 0.29) is 0 Å². The van der Waals surface area contributed by atoms with Gasteiger partial charge in [-0.15, -0.1) is 0 Å². The van der Waals surface area contributed by atoms with E-state index < -0.39 is 0 Å². The Labute approximate surface area is 106 Å². The Kier molecular flexibility index (Phi) is 2.06. The molecule has 1 atom stereocenters. The fourth-order valence-electron chi connectivity index (χ4n) is 3.61. The lowest BCUT2D eigenvalue weighted by molar-refractivity contribution is -0.704. The van der Waals surface area contributed by atoms with Gasteiger partial charge in [-0.1, -0.05) is 11.6 Å². The summed E-state index contributed by atoms with van der Waals surface area (Å²) in [5.74, 6) is 0. The Bertz CT molecular complexity index is 598. The zero-order valence-electron chi connectivity index (χ0n) is 9.75. The molecule has 1 aliphatic carbocycles. The number of hydrogen-bond acceptors (Lipinski definition) is 0.